The molecule has 0 bridgehead atoms. The van der Waals surface area contributed by atoms with Gasteiger partial charge < -0.3 is 34.7 Å². The zero-order valence-electron chi connectivity index (χ0n) is 21.1. The van der Waals surface area contributed by atoms with Crippen LogP contribution < -0.4 is 16.6 Å². The predicted octanol–water partition coefficient (Wildman–Crippen LogP) is -0.234. The molecule has 5 atom stereocenters. The molecule has 0 aromatic carbocycles. The number of hydrogen-bond acceptors (Lipinski definition) is 12. The molecule has 7 N–H and O–H groups in total. The number of nitrogens with zero attached hydrogens (tertiary/aromatic N) is 2. The van der Waals surface area contributed by atoms with Crippen LogP contribution in [0.15, 0.2) is 52.5 Å². The van der Waals surface area contributed by atoms with Crippen molar-refractivity contribution in [3.05, 3.63) is 74.8 Å². The van der Waals surface area contributed by atoms with E-state index < -0.39 is 65.7 Å². The number of carbonyl (C=O) groups excluding carboxylic acids is 1. The van der Waals surface area contributed by atoms with Crippen molar-refractivity contribution < 1.29 is 61.1 Å². The first-order valence-electron chi connectivity index (χ1n) is 11.5. The largest absolute Gasteiger partial charge is 0.490 e. The third kappa shape index (κ3) is 10.7. The highest BCUT2D eigenvalue weighted by atomic mass is 31.3. The van der Waals surface area contributed by atoms with E-state index >= 15 is 0 Å². The first kappa shape index (κ1) is 33.6. The molecule has 22 heteroatoms. The first-order valence-corrected chi connectivity index (χ1v) is 16.1. The fraction of sp³-hybridized carbons (Fsp3) is 0.300. The van der Waals surface area contributed by atoms with E-state index in [1.807, 2.05) is 0 Å². The zero-order valence-corrected chi connectivity index (χ0v) is 23.8. The van der Waals surface area contributed by atoms with Gasteiger partial charge in [0.25, 0.3) is 5.56 Å². The van der Waals surface area contributed by atoms with Crippen LogP contribution in [-0.2, 0) is 36.4 Å². The Morgan fingerprint density at radius 3 is 2.57 bits per heavy atom. The lowest BCUT2D eigenvalue weighted by Crippen LogP contribution is -2.33. The Bertz CT molecular complexity index is 1580. The second kappa shape index (κ2) is 14.1. The van der Waals surface area contributed by atoms with Gasteiger partial charge >= 0.3 is 29.2 Å². The number of pyridine rings is 1. The van der Waals surface area contributed by atoms with Crippen molar-refractivity contribution in [3.63, 3.8) is 0 Å². The summed E-state index contributed by atoms with van der Waals surface area (Å²) in [6, 6.07) is 3.46. The standard InChI is InChI=1S/C20H25N4O15P3/c25-15-9-18(37-16(15)12-36-41(32,33)39-42(34,35)38-40(29,30)31)24-11-14(19(27)23-20(24)28)4-2-8-22-17(26)6-5-13-3-1-7-21-10-13/h1-7,10-11,15-16,18,25H,8-9,12H2,(H,22,26)(H,32,33)(H,34,35)(H,23,27,28)(H2,29,30,31)/b4-2+,6-5+/t15-,16+,18+/m0/s1. The van der Waals surface area contributed by atoms with Crippen LogP contribution in [0.3, 0.4) is 0 Å². The van der Waals surface area contributed by atoms with Crippen LogP contribution in [0.5, 0.6) is 0 Å². The lowest BCUT2D eigenvalue weighted by molar-refractivity contribution is -0.116. The Morgan fingerprint density at radius 1 is 1.17 bits per heavy atom. The minimum atomic E-state index is -5.74. The molecule has 3 heterocycles. The third-order valence-corrected chi connectivity index (χ3v) is 8.93. The first-order chi connectivity index (χ1) is 19.5. The molecular formula is C20H25N4O15P3. The lowest BCUT2D eigenvalue weighted by atomic mass is 10.2. The predicted molar refractivity (Wildman–Crippen MR) is 141 cm³/mol. The average Bonchev–Trinajstić information content (AvgIpc) is 3.23. The summed E-state index contributed by atoms with van der Waals surface area (Å²) in [5.74, 6) is -0.419. The molecule has 1 aliphatic heterocycles. The van der Waals surface area contributed by atoms with E-state index in [0.717, 1.165) is 10.8 Å². The van der Waals surface area contributed by atoms with Crippen molar-refractivity contribution >= 4 is 41.5 Å². The summed E-state index contributed by atoms with van der Waals surface area (Å²) in [5, 5.41) is 12.8. The van der Waals surface area contributed by atoms with Crippen LogP contribution in [0.1, 0.15) is 23.8 Å². The molecule has 2 aromatic rings. The molecular weight excluding hydrogens is 629 g/mol. The smallest absolute Gasteiger partial charge is 0.390 e. The Balaban J connectivity index is 1.59. The number of phosphoric ester groups is 1. The van der Waals surface area contributed by atoms with Gasteiger partial charge in [0.15, 0.2) is 0 Å². The number of carbonyl (C=O) groups is 1. The Morgan fingerprint density at radius 2 is 1.90 bits per heavy atom. The SMILES string of the molecule is O=C(/C=C/c1cccnc1)NC/C=C/c1cn([C@H]2C[C@H](O)[C@@H](COP(=O)(O)OP(=O)(O)OP(=O)(O)O)O2)c(=O)[nH]c1=O. The molecule has 0 radical (unpaired) electrons. The van der Waals surface area contributed by atoms with Crippen LogP contribution in [0, 0.1) is 0 Å². The molecule has 0 spiro atoms. The van der Waals surface area contributed by atoms with Crippen molar-refractivity contribution in [1.82, 2.24) is 19.9 Å². The molecule has 230 valence electrons. The van der Waals surface area contributed by atoms with E-state index in [9.17, 15) is 43.0 Å². The minimum absolute atomic E-state index is 0.0236. The van der Waals surface area contributed by atoms with Gasteiger partial charge in [-0.05, 0) is 17.7 Å². The summed E-state index contributed by atoms with van der Waals surface area (Å²) in [6.45, 7) is -0.919. The van der Waals surface area contributed by atoms with Crippen molar-refractivity contribution in [2.45, 2.75) is 24.9 Å². The van der Waals surface area contributed by atoms with Gasteiger partial charge in [0.1, 0.15) is 12.3 Å². The van der Waals surface area contributed by atoms with Gasteiger partial charge in [0.2, 0.25) is 5.91 Å². The van der Waals surface area contributed by atoms with E-state index in [4.69, 9.17) is 14.5 Å². The highest BCUT2D eigenvalue weighted by Gasteiger charge is 2.43. The number of ether oxygens (including phenoxy) is 1. The molecule has 2 aromatic heterocycles. The van der Waals surface area contributed by atoms with Gasteiger partial charge in [0, 0.05) is 37.6 Å². The monoisotopic (exact) mass is 654 g/mol. The number of rotatable bonds is 13. The molecule has 42 heavy (non-hydrogen) atoms. The summed E-state index contributed by atoms with van der Waals surface area (Å²) in [6.07, 6.45) is 5.60. The maximum Gasteiger partial charge on any atom is 0.490 e. The second-order valence-electron chi connectivity index (χ2n) is 8.34. The van der Waals surface area contributed by atoms with E-state index in [-0.39, 0.29) is 18.5 Å². The lowest BCUT2D eigenvalue weighted by Gasteiger charge is -2.19. The number of nitrogens with one attached hydrogen (secondary N) is 2. The molecule has 3 rings (SSSR count). The quantitative estimate of drug-likeness (QED) is 0.108. The summed E-state index contributed by atoms with van der Waals surface area (Å²) in [5.41, 5.74) is -0.994. The fourth-order valence-corrected chi connectivity index (χ4v) is 6.42. The molecule has 19 nitrogen and oxygen atoms in total. The van der Waals surface area contributed by atoms with Crippen molar-refractivity contribution in [3.8, 4) is 0 Å². The van der Waals surface area contributed by atoms with Crippen LogP contribution in [0.4, 0.5) is 0 Å². The number of aromatic nitrogens is 3. The maximum atomic E-state index is 12.4. The number of aliphatic hydroxyl groups excluding tert-OH is 1. The van der Waals surface area contributed by atoms with Crippen LogP contribution >= 0.6 is 23.5 Å². The maximum absolute atomic E-state index is 12.4. The van der Waals surface area contributed by atoms with E-state index in [1.54, 1.807) is 30.6 Å². The van der Waals surface area contributed by atoms with Crippen LogP contribution in [0.2, 0.25) is 0 Å². The van der Waals surface area contributed by atoms with E-state index in [1.165, 1.54) is 18.2 Å². The van der Waals surface area contributed by atoms with Crippen molar-refractivity contribution in [2.75, 3.05) is 13.2 Å². The number of hydrogen-bond donors (Lipinski definition) is 7. The van der Waals surface area contributed by atoms with Gasteiger partial charge in [-0.3, -0.25) is 28.6 Å². The zero-order chi connectivity index (χ0) is 31.1. The normalized spacial score (nSPS) is 22.3. The van der Waals surface area contributed by atoms with Crippen LogP contribution in [-0.4, -0.2) is 70.5 Å². The molecule has 2 unspecified atom stereocenters. The summed E-state index contributed by atoms with van der Waals surface area (Å²) < 4.78 is 52.1. The highest BCUT2D eigenvalue weighted by molar-refractivity contribution is 7.66. The van der Waals surface area contributed by atoms with Gasteiger partial charge in [-0.2, -0.15) is 8.62 Å². The minimum Gasteiger partial charge on any atom is -0.390 e. The number of amides is 1. The van der Waals surface area contributed by atoms with Crippen molar-refractivity contribution in [2.24, 2.45) is 0 Å². The van der Waals surface area contributed by atoms with Crippen LogP contribution in [0.25, 0.3) is 12.2 Å². The number of H-pyrrole nitrogens is 1. The molecule has 1 fully saturated rings. The highest BCUT2D eigenvalue weighted by Crippen LogP contribution is 2.66. The molecule has 0 saturated carbocycles. The van der Waals surface area contributed by atoms with Gasteiger partial charge in [0.05, 0.1) is 18.3 Å². The molecule has 1 amide bonds. The Kier molecular flexibility index (Phi) is 11.2. The van der Waals surface area contributed by atoms with E-state index in [0.29, 0.717) is 5.56 Å². The summed E-state index contributed by atoms with van der Waals surface area (Å²) in [4.78, 5) is 78.4. The summed E-state index contributed by atoms with van der Waals surface area (Å²) in [7, 11) is -16.8. The van der Waals surface area contributed by atoms with Crippen molar-refractivity contribution in [1.29, 1.82) is 0 Å². The van der Waals surface area contributed by atoms with E-state index in [2.05, 4.69) is 28.4 Å². The van der Waals surface area contributed by atoms with Gasteiger partial charge in [-0.15, -0.1) is 0 Å². The molecule has 0 aliphatic carbocycles. The van der Waals surface area contributed by atoms with Gasteiger partial charge in [-0.1, -0.05) is 18.2 Å². The second-order valence-corrected chi connectivity index (χ2v) is 12.8. The third-order valence-electron chi connectivity index (χ3n) is 5.13. The number of aliphatic hydroxyl groups is 1. The number of phosphoric acid groups is 3. The average molecular weight is 654 g/mol. The Hall–Kier alpha value is -2.89. The number of aromatic amines is 1. The Labute approximate surface area is 235 Å². The topological polar surface area (TPSA) is 286 Å². The van der Waals surface area contributed by atoms with Gasteiger partial charge in [-0.25, -0.2) is 18.5 Å². The molecule has 1 aliphatic rings. The molecule has 1 saturated heterocycles. The summed E-state index contributed by atoms with van der Waals surface area (Å²) >= 11 is 0. The fourth-order valence-electron chi connectivity index (χ4n) is 3.39.